The van der Waals surface area contributed by atoms with Crippen molar-refractivity contribution in [2.24, 2.45) is 11.8 Å². The Kier molecular flexibility index (Phi) is 5.22. The van der Waals surface area contributed by atoms with Crippen LogP contribution in [0.4, 0.5) is 0 Å². The van der Waals surface area contributed by atoms with E-state index >= 15 is 0 Å². The summed E-state index contributed by atoms with van der Waals surface area (Å²) in [6, 6.07) is 7.74. The molecule has 0 aromatic heterocycles. The highest BCUT2D eigenvalue weighted by atomic mass is 35.5. The Morgan fingerprint density at radius 3 is 2.50 bits per heavy atom. The molecule has 0 amide bonds. The third kappa shape index (κ3) is 3.83. The van der Waals surface area contributed by atoms with Gasteiger partial charge in [-0.2, -0.15) is 0 Å². The molecule has 1 aromatic rings. The van der Waals surface area contributed by atoms with E-state index < -0.39 is 0 Å². The molecular formula is C17H24ClNO. The summed E-state index contributed by atoms with van der Waals surface area (Å²) >= 11 is 5.95. The van der Waals surface area contributed by atoms with Gasteiger partial charge in [-0.1, -0.05) is 44.5 Å². The Bertz CT molecular complexity index is 455. The lowest BCUT2D eigenvalue weighted by Crippen LogP contribution is -2.32. The molecule has 110 valence electrons. The SMILES string of the molecule is CC(C)C(=O)C(CN1CC[C@@H](C)C1)c1ccc(Cl)cc1. The van der Waals surface area contributed by atoms with Crippen molar-refractivity contribution < 1.29 is 4.79 Å². The first-order valence-electron chi connectivity index (χ1n) is 7.49. The van der Waals surface area contributed by atoms with Crippen LogP contribution in [0.15, 0.2) is 24.3 Å². The van der Waals surface area contributed by atoms with Crippen molar-refractivity contribution in [1.29, 1.82) is 0 Å². The van der Waals surface area contributed by atoms with Gasteiger partial charge in [0.1, 0.15) is 5.78 Å². The maximum Gasteiger partial charge on any atom is 0.144 e. The van der Waals surface area contributed by atoms with Crippen LogP contribution in [0, 0.1) is 11.8 Å². The second kappa shape index (κ2) is 6.73. The third-order valence-corrected chi connectivity index (χ3v) is 4.39. The number of nitrogens with zero attached hydrogens (tertiary/aromatic N) is 1. The van der Waals surface area contributed by atoms with Gasteiger partial charge in [0.2, 0.25) is 0 Å². The maximum absolute atomic E-state index is 12.5. The zero-order chi connectivity index (χ0) is 14.7. The minimum Gasteiger partial charge on any atom is -0.302 e. The molecule has 0 spiro atoms. The number of Topliss-reactive ketones (excluding diaryl/α,β-unsaturated/α-hetero) is 1. The van der Waals surface area contributed by atoms with Crippen molar-refractivity contribution in [3.63, 3.8) is 0 Å². The largest absolute Gasteiger partial charge is 0.302 e. The molecule has 1 aliphatic heterocycles. The molecule has 1 heterocycles. The van der Waals surface area contributed by atoms with Gasteiger partial charge in [0.25, 0.3) is 0 Å². The van der Waals surface area contributed by atoms with Crippen molar-refractivity contribution >= 4 is 17.4 Å². The van der Waals surface area contributed by atoms with Crippen LogP contribution in [0.1, 0.15) is 38.7 Å². The lowest BCUT2D eigenvalue weighted by Gasteiger charge is -2.24. The monoisotopic (exact) mass is 293 g/mol. The van der Waals surface area contributed by atoms with Crippen LogP contribution < -0.4 is 0 Å². The van der Waals surface area contributed by atoms with E-state index in [0.29, 0.717) is 5.78 Å². The van der Waals surface area contributed by atoms with Crippen LogP contribution in [0.2, 0.25) is 5.02 Å². The smallest absolute Gasteiger partial charge is 0.144 e. The van der Waals surface area contributed by atoms with E-state index in [1.165, 1.54) is 6.42 Å². The first-order chi connectivity index (χ1) is 9.47. The molecule has 20 heavy (non-hydrogen) atoms. The van der Waals surface area contributed by atoms with Gasteiger partial charge in [0, 0.05) is 24.0 Å². The normalized spacial score (nSPS) is 21.4. The van der Waals surface area contributed by atoms with Gasteiger partial charge < -0.3 is 4.90 Å². The molecule has 1 saturated heterocycles. The summed E-state index contributed by atoms with van der Waals surface area (Å²) in [6.45, 7) is 9.30. The summed E-state index contributed by atoms with van der Waals surface area (Å²) in [7, 11) is 0. The van der Waals surface area contributed by atoms with Crippen LogP contribution in [0.3, 0.4) is 0 Å². The Morgan fingerprint density at radius 1 is 1.35 bits per heavy atom. The number of likely N-dealkylation sites (tertiary alicyclic amines) is 1. The summed E-state index contributed by atoms with van der Waals surface area (Å²) in [4.78, 5) is 15.0. The summed E-state index contributed by atoms with van der Waals surface area (Å²) in [5.74, 6) is 1.11. The van der Waals surface area contributed by atoms with E-state index in [4.69, 9.17) is 11.6 Å². The van der Waals surface area contributed by atoms with E-state index in [0.717, 1.165) is 36.1 Å². The van der Waals surface area contributed by atoms with Crippen molar-refractivity contribution in [1.82, 2.24) is 4.90 Å². The maximum atomic E-state index is 12.5. The number of carbonyl (C=O) groups excluding carboxylic acids is 1. The van der Waals surface area contributed by atoms with Crippen LogP contribution in [0.25, 0.3) is 0 Å². The molecule has 1 aromatic carbocycles. The molecule has 1 unspecified atom stereocenters. The second-order valence-electron chi connectivity index (χ2n) is 6.31. The van der Waals surface area contributed by atoms with E-state index in [2.05, 4.69) is 11.8 Å². The molecule has 0 bridgehead atoms. The zero-order valence-electron chi connectivity index (χ0n) is 12.6. The van der Waals surface area contributed by atoms with Gasteiger partial charge in [-0.15, -0.1) is 0 Å². The summed E-state index contributed by atoms with van der Waals surface area (Å²) in [6.07, 6.45) is 1.24. The average molecular weight is 294 g/mol. The lowest BCUT2D eigenvalue weighted by atomic mass is 9.88. The fraction of sp³-hybridized carbons (Fsp3) is 0.588. The number of benzene rings is 1. The van der Waals surface area contributed by atoms with Gasteiger partial charge in [0.05, 0.1) is 5.92 Å². The predicted molar refractivity (Wildman–Crippen MR) is 84.3 cm³/mol. The average Bonchev–Trinajstić information content (AvgIpc) is 2.82. The molecule has 0 aliphatic carbocycles. The molecular weight excluding hydrogens is 270 g/mol. The van der Waals surface area contributed by atoms with Crippen LogP contribution in [-0.4, -0.2) is 30.3 Å². The Balaban J connectivity index is 2.16. The molecule has 1 aliphatic rings. The van der Waals surface area contributed by atoms with Gasteiger partial charge in [-0.3, -0.25) is 4.79 Å². The van der Waals surface area contributed by atoms with E-state index in [9.17, 15) is 4.79 Å². The lowest BCUT2D eigenvalue weighted by molar-refractivity contribution is -0.123. The number of ketones is 1. The Morgan fingerprint density at radius 2 is 2.00 bits per heavy atom. The minimum absolute atomic E-state index is 0.0300. The summed E-state index contributed by atoms with van der Waals surface area (Å²) in [5.41, 5.74) is 1.09. The number of halogens is 1. The molecule has 2 atom stereocenters. The van der Waals surface area contributed by atoms with E-state index in [1.54, 1.807) is 0 Å². The topological polar surface area (TPSA) is 20.3 Å². The number of rotatable bonds is 5. The molecule has 1 fully saturated rings. The highest BCUT2D eigenvalue weighted by Crippen LogP contribution is 2.26. The molecule has 0 saturated carbocycles. The molecule has 0 N–H and O–H groups in total. The molecule has 2 nitrogen and oxygen atoms in total. The first-order valence-corrected chi connectivity index (χ1v) is 7.86. The fourth-order valence-electron chi connectivity index (χ4n) is 2.91. The second-order valence-corrected chi connectivity index (χ2v) is 6.75. The van der Waals surface area contributed by atoms with Gasteiger partial charge in [0.15, 0.2) is 0 Å². The summed E-state index contributed by atoms with van der Waals surface area (Å²) < 4.78 is 0. The van der Waals surface area contributed by atoms with Crippen LogP contribution in [-0.2, 0) is 4.79 Å². The highest BCUT2D eigenvalue weighted by Gasteiger charge is 2.28. The number of hydrogen-bond acceptors (Lipinski definition) is 2. The van der Waals surface area contributed by atoms with Crippen LogP contribution >= 0.6 is 11.6 Å². The van der Waals surface area contributed by atoms with Crippen molar-refractivity contribution in [3.8, 4) is 0 Å². The molecule has 2 rings (SSSR count). The standard InChI is InChI=1S/C17H24ClNO/c1-12(2)17(20)16(11-19-9-8-13(3)10-19)14-4-6-15(18)7-5-14/h4-7,12-13,16H,8-11H2,1-3H3/t13-,16?/m1/s1. The minimum atomic E-state index is -0.0300. The predicted octanol–water partition coefficient (Wildman–Crippen LogP) is 3.99. The fourth-order valence-corrected chi connectivity index (χ4v) is 3.03. The van der Waals surface area contributed by atoms with Gasteiger partial charge in [-0.05, 0) is 36.6 Å². The van der Waals surface area contributed by atoms with Crippen molar-refractivity contribution in [3.05, 3.63) is 34.9 Å². The Hall–Kier alpha value is -0.860. The quantitative estimate of drug-likeness (QED) is 0.818. The zero-order valence-corrected chi connectivity index (χ0v) is 13.4. The van der Waals surface area contributed by atoms with Crippen LogP contribution in [0.5, 0.6) is 0 Å². The summed E-state index contributed by atoms with van der Waals surface area (Å²) in [5, 5.41) is 0.722. The number of hydrogen-bond donors (Lipinski definition) is 0. The van der Waals surface area contributed by atoms with Gasteiger partial charge >= 0.3 is 0 Å². The van der Waals surface area contributed by atoms with Crippen molar-refractivity contribution in [2.75, 3.05) is 19.6 Å². The van der Waals surface area contributed by atoms with E-state index in [-0.39, 0.29) is 11.8 Å². The third-order valence-electron chi connectivity index (χ3n) is 4.13. The van der Waals surface area contributed by atoms with Crippen molar-refractivity contribution in [2.45, 2.75) is 33.1 Å². The highest BCUT2D eigenvalue weighted by molar-refractivity contribution is 6.30. The number of carbonyl (C=O) groups is 1. The molecule has 0 radical (unpaired) electrons. The van der Waals surface area contributed by atoms with Gasteiger partial charge in [-0.25, -0.2) is 0 Å². The first kappa shape index (κ1) is 15.5. The Labute approximate surface area is 127 Å². The molecule has 3 heteroatoms. The van der Waals surface area contributed by atoms with E-state index in [1.807, 2.05) is 38.1 Å².